The van der Waals surface area contributed by atoms with Gasteiger partial charge in [0.05, 0.1) is 13.7 Å². The van der Waals surface area contributed by atoms with Crippen molar-refractivity contribution in [1.29, 1.82) is 0 Å². The minimum atomic E-state index is -0.133. The zero-order valence-electron chi connectivity index (χ0n) is 13.2. The highest BCUT2D eigenvalue weighted by atomic mass is 16.5. The molecule has 1 amide bonds. The van der Waals surface area contributed by atoms with Gasteiger partial charge in [0.15, 0.2) is 11.5 Å². The molecule has 116 valence electrons. The molecule has 2 aromatic carbocycles. The molecule has 4 heteroatoms. The standard InChI is InChI=1S/C18H21NO3/c1-4-22-17-11-14(9-10-16(17)21-3)18(20)19-12-15-8-6-5-7-13(15)2/h5-11H,4,12H2,1-3H3,(H,19,20). The molecule has 0 unspecified atom stereocenters. The molecule has 22 heavy (non-hydrogen) atoms. The first kappa shape index (κ1) is 15.9. The molecule has 0 aliphatic heterocycles. The summed E-state index contributed by atoms with van der Waals surface area (Å²) >= 11 is 0. The van der Waals surface area contributed by atoms with Crippen LogP contribution in [0.1, 0.15) is 28.4 Å². The zero-order chi connectivity index (χ0) is 15.9. The van der Waals surface area contributed by atoms with E-state index < -0.39 is 0 Å². The lowest BCUT2D eigenvalue weighted by Crippen LogP contribution is -2.23. The summed E-state index contributed by atoms with van der Waals surface area (Å²) in [5.41, 5.74) is 2.82. The molecule has 0 heterocycles. The van der Waals surface area contributed by atoms with E-state index in [1.807, 2.05) is 38.1 Å². The van der Waals surface area contributed by atoms with Gasteiger partial charge in [-0.1, -0.05) is 24.3 Å². The summed E-state index contributed by atoms with van der Waals surface area (Å²) in [4.78, 5) is 12.3. The predicted molar refractivity (Wildman–Crippen MR) is 86.5 cm³/mol. The Morgan fingerprint density at radius 1 is 1.14 bits per heavy atom. The molecule has 0 aliphatic carbocycles. The van der Waals surface area contributed by atoms with Crippen molar-refractivity contribution in [3.63, 3.8) is 0 Å². The van der Waals surface area contributed by atoms with Gasteiger partial charge in [0, 0.05) is 12.1 Å². The maximum atomic E-state index is 12.3. The van der Waals surface area contributed by atoms with Crippen LogP contribution in [0.5, 0.6) is 11.5 Å². The van der Waals surface area contributed by atoms with Crippen LogP contribution in [-0.2, 0) is 6.54 Å². The lowest BCUT2D eigenvalue weighted by Gasteiger charge is -2.12. The second kappa shape index (κ2) is 7.50. The Balaban J connectivity index is 2.09. The first-order valence-electron chi connectivity index (χ1n) is 7.29. The van der Waals surface area contributed by atoms with Crippen LogP contribution in [0.15, 0.2) is 42.5 Å². The second-order valence-corrected chi connectivity index (χ2v) is 4.91. The van der Waals surface area contributed by atoms with E-state index in [0.29, 0.717) is 30.2 Å². The molecule has 0 aliphatic rings. The zero-order valence-corrected chi connectivity index (χ0v) is 13.2. The molecule has 0 saturated heterocycles. The normalized spacial score (nSPS) is 10.1. The summed E-state index contributed by atoms with van der Waals surface area (Å²) in [6.45, 7) is 4.94. The van der Waals surface area contributed by atoms with E-state index in [1.54, 1.807) is 25.3 Å². The summed E-state index contributed by atoms with van der Waals surface area (Å²) in [5.74, 6) is 1.07. The highest BCUT2D eigenvalue weighted by Gasteiger charge is 2.11. The summed E-state index contributed by atoms with van der Waals surface area (Å²) in [7, 11) is 1.58. The van der Waals surface area contributed by atoms with Gasteiger partial charge in [0.1, 0.15) is 0 Å². The average Bonchev–Trinajstić information content (AvgIpc) is 2.54. The minimum Gasteiger partial charge on any atom is -0.493 e. The van der Waals surface area contributed by atoms with E-state index >= 15 is 0 Å². The Hall–Kier alpha value is -2.49. The van der Waals surface area contributed by atoms with Crippen molar-refractivity contribution >= 4 is 5.91 Å². The monoisotopic (exact) mass is 299 g/mol. The molecule has 4 nitrogen and oxygen atoms in total. The fraction of sp³-hybridized carbons (Fsp3) is 0.278. The van der Waals surface area contributed by atoms with Gasteiger partial charge in [-0.25, -0.2) is 0 Å². The third-order valence-electron chi connectivity index (χ3n) is 3.43. The minimum absolute atomic E-state index is 0.133. The molecule has 0 aromatic heterocycles. The maximum Gasteiger partial charge on any atom is 0.251 e. The first-order valence-corrected chi connectivity index (χ1v) is 7.29. The van der Waals surface area contributed by atoms with Crippen LogP contribution in [-0.4, -0.2) is 19.6 Å². The van der Waals surface area contributed by atoms with Gasteiger partial charge in [-0.2, -0.15) is 0 Å². The Bertz CT molecular complexity index is 653. The van der Waals surface area contributed by atoms with Crippen molar-refractivity contribution in [3.05, 3.63) is 59.2 Å². The molecule has 0 atom stereocenters. The van der Waals surface area contributed by atoms with Crippen LogP contribution < -0.4 is 14.8 Å². The van der Waals surface area contributed by atoms with Crippen molar-refractivity contribution < 1.29 is 14.3 Å². The van der Waals surface area contributed by atoms with Crippen LogP contribution >= 0.6 is 0 Å². The molecule has 1 N–H and O–H groups in total. The molecular weight excluding hydrogens is 278 g/mol. The Kier molecular flexibility index (Phi) is 5.42. The fourth-order valence-electron chi connectivity index (χ4n) is 2.17. The predicted octanol–water partition coefficient (Wildman–Crippen LogP) is 3.33. The lowest BCUT2D eigenvalue weighted by atomic mass is 10.1. The second-order valence-electron chi connectivity index (χ2n) is 4.91. The van der Waals surface area contributed by atoms with Crippen molar-refractivity contribution in [3.8, 4) is 11.5 Å². The molecule has 0 fully saturated rings. The number of nitrogens with one attached hydrogen (secondary N) is 1. The largest absolute Gasteiger partial charge is 0.493 e. The maximum absolute atomic E-state index is 12.3. The number of rotatable bonds is 6. The van der Waals surface area contributed by atoms with Crippen molar-refractivity contribution in [2.24, 2.45) is 0 Å². The lowest BCUT2D eigenvalue weighted by molar-refractivity contribution is 0.0950. The number of carbonyl (C=O) groups excluding carboxylic acids is 1. The highest BCUT2D eigenvalue weighted by Crippen LogP contribution is 2.28. The van der Waals surface area contributed by atoms with Crippen molar-refractivity contribution in [1.82, 2.24) is 5.32 Å². The molecule has 0 spiro atoms. The van der Waals surface area contributed by atoms with E-state index in [0.717, 1.165) is 11.1 Å². The van der Waals surface area contributed by atoms with Gasteiger partial charge in [-0.15, -0.1) is 0 Å². The van der Waals surface area contributed by atoms with Crippen LogP contribution in [0, 0.1) is 6.92 Å². The molecular formula is C18H21NO3. The molecule has 0 radical (unpaired) electrons. The van der Waals surface area contributed by atoms with E-state index in [2.05, 4.69) is 5.32 Å². The molecule has 0 bridgehead atoms. The third kappa shape index (κ3) is 3.79. The van der Waals surface area contributed by atoms with E-state index in [-0.39, 0.29) is 5.91 Å². The number of aryl methyl sites for hydroxylation is 1. The number of carbonyl (C=O) groups is 1. The Morgan fingerprint density at radius 2 is 1.91 bits per heavy atom. The number of benzene rings is 2. The van der Waals surface area contributed by atoms with Gasteiger partial charge >= 0.3 is 0 Å². The summed E-state index contributed by atoms with van der Waals surface area (Å²) in [6, 6.07) is 13.2. The third-order valence-corrected chi connectivity index (χ3v) is 3.43. The van der Waals surface area contributed by atoms with Gasteiger partial charge in [0.25, 0.3) is 5.91 Å². The van der Waals surface area contributed by atoms with Crippen LogP contribution in [0.2, 0.25) is 0 Å². The SMILES string of the molecule is CCOc1cc(C(=O)NCc2ccccc2C)ccc1OC. The molecule has 2 rings (SSSR count). The summed E-state index contributed by atoms with van der Waals surface area (Å²) in [5, 5.41) is 2.93. The number of hydrogen-bond donors (Lipinski definition) is 1. The number of ether oxygens (including phenoxy) is 2. The van der Waals surface area contributed by atoms with Gasteiger partial charge < -0.3 is 14.8 Å². The number of amides is 1. The Labute approximate surface area is 131 Å². The Morgan fingerprint density at radius 3 is 2.59 bits per heavy atom. The molecule has 2 aromatic rings. The average molecular weight is 299 g/mol. The fourth-order valence-corrected chi connectivity index (χ4v) is 2.17. The van der Waals surface area contributed by atoms with E-state index in [4.69, 9.17) is 9.47 Å². The first-order chi connectivity index (χ1) is 10.7. The van der Waals surface area contributed by atoms with Crippen molar-refractivity contribution in [2.45, 2.75) is 20.4 Å². The summed E-state index contributed by atoms with van der Waals surface area (Å²) < 4.78 is 10.7. The van der Waals surface area contributed by atoms with Crippen LogP contribution in [0.25, 0.3) is 0 Å². The van der Waals surface area contributed by atoms with Gasteiger partial charge in [-0.05, 0) is 43.2 Å². The number of methoxy groups -OCH3 is 1. The van der Waals surface area contributed by atoms with Crippen LogP contribution in [0.4, 0.5) is 0 Å². The van der Waals surface area contributed by atoms with Crippen molar-refractivity contribution in [2.75, 3.05) is 13.7 Å². The van der Waals surface area contributed by atoms with Gasteiger partial charge in [-0.3, -0.25) is 4.79 Å². The smallest absolute Gasteiger partial charge is 0.251 e. The molecule has 0 saturated carbocycles. The van der Waals surface area contributed by atoms with E-state index in [9.17, 15) is 4.79 Å². The topological polar surface area (TPSA) is 47.6 Å². The highest BCUT2D eigenvalue weighted by molar-refractivity contribution is 5.94. The number of hydrogen-bond acceptors (Lipinski definition) is 3. The van der Waals surface area contributed by atoms with Gasteiger partial charge in [0.2, 0.25) is 0 Å². The summed E-state index contributed by atoms with van der Waals surface area (Å²) in [6.07, 6.45) is 0. The van der Waals surface area contributed by atoms with Crippen LogP contribution in [0.3, 0.4) is 0 Å². The quantitative estimate of drug-likeness (QED) is 0.890. The van der Waals surface area contributed by atoms with E-state index in [1.165, 1.54) is 0 Å².